The molecule has 0 amide bonds. The van der Waals surface area contributed by atoms with Crippen LogP contribution in [0.5, 0.6) is 0 Å². The number of nitrogens with zero attached hydrogens (tertiary/aromatic N) is 2. The molecule has 0 unspecified atom stereocenters. The van der Waals surface area contributed by atoms with Crippen LogP contribution in [0.25, 0.3) is 43.8 Å². The Labute approximate surface area is 244 Å². The minimum Gasteiger partial charge on any atom is -0.379 e. The SMILES string of the molecule is CN1Cc2[c-]c(ccc2)-c2c(ccc3ccccc23)N(C)Cc2[c-]c(ccc2)-c2c1ccc1ccccc21.[Pt+4]. The molecule has 39 heavy (non-hydrogen) atoms. The third kappa shape index (κ3) is 4.54. The third-order valence-electron chi connectivity index (χ3n) is 7.70. The average Bonchev–Trinajstić information content (AvgIpc) is 2.95. The largest absolute Gasteiger partial charge is 4.00 e. The van der Waals surface area contributed by atoms with Crippen molar-refractivity contribution in [3.8, 4) is 22.3 Å². The van der Waals surface area contributed by atoms with Crippen molar-refractivity contribution in [2.24, 2.45) is 0 Å². The van der Waals surface area contributed by atoms with Gasteiger partial charge in [-0.2, -0.15) is 0 Å². The predicted octanol–water partition coefficient (Wildman–Crippen LogP) is 8.51. The first-order valence-corrected chi connectivity index (χ1v) is 13.1. The number of hydrogen-bond acceptors (Lipinski definition) is 2. The van der Waals surface area contributed by atoms with E-state index < -0.39 is 0 Å². The Balaban J connectivity index is 0.00000277. The Morgan fingerprint density at radius 3 is 1.38 bits per heavy atom. The van der Waals surface area contributed by atoms with E-state index in [9.17, 15) is 0 Å². The summed E-state index contributed by atoms with van der Waals surface area (Å²) in [5.41, 5.74) is 9.45. The molecule has 4 bridgehead atoms. The molecule has 0 fully saturated rings. The van der Waals surface area contributed by atoms with Gasteiger partial charge in [0, 0.05) is 38.6 Å². The van der Waals surface area contributed by atoms with Crippen molar-refractivity contribution in [2.75, 3.05) is 23.9 Å². The van der Waals surface area contributed by atoms with Crippen LogP contribution in [0.1, 0.15) is 11.1 Å². The van der Waals surface area contributed by atoms with Crippen LogP contribution in [-0.4, -0.2) is 14.1 Å². The van der Waals surface area contributed by atoms with E-state index in [-0.39, 0.29) is 21.1 Å². The summed E-state index contributed by atoms with van der Waals surface area (Å²) in [5, 5.41) is 4.98. The van der Waals surface area contributed by atoms with Crippen LogP contribution in [0, 0.1) is 12.1 Å². The van der Waals surface area contributed by atoms with Crippen molar-refractivity contribution < 1.29 is 21.1 Å². The van der Waals surface area contributed by atoms with Crippen LogP contribution in [0.15, 0.2) is 109 Å². The summed E-state index contributed by atoms with van der Waals surface area (Å²) < 4.78 is 0. The van der Waals surface area contributed by atoms with Crippen molar-refractivity contribution >= 4 is 32.9 Å². The van der Waals surface area contributed by atoms with Gasteiger partial charge in [-0.05, 0) is 22.9 Å². The zero-order valence-electron chi connectivity index (χ0n) is 22.0. The van der Waals surface area contributed by atoms with Crippen LogP contribution in [-0.2, 0) is 34.2 Å². The maximum absolute atomic E-state index is 3.80. The first kappa shape index (κ1) is 25.4. The van der Waals surface area contributed by atoms with E-state index >= 15 is 0 Å². The molecule has 2 nitrogen and oxygen atoms in total. The molecular weight excluding hydrogens is 655 g/mol. The smallest absolute Gasteiger partial charge is 0.379 e. The molecule has 0 aromatic heterocycles. The van der Waals surface area contributed by atoms with Gasteiger partial charge in [0.2, 0.25) is 0 Å². The van der Waals surface area contributed by atoms with Crippen molar-refractivity contribution in [1.29, 1.82) is 0 Å². The van der Waals surface area contributed by atoms with Gasteiger partial charge in [-0.25, -0.2) is 0 Å². The fraction of sp³-hybridized carbons (Fsp3) is 0.111. The topological polar surface area (TPSA) is 6.48 Å². The van der Waals surface area contributed by atoms with Crippen LogP contribution in [0.2, 0.25) is 0 Å². The van der Waals surface area contributed by atoms with E-state index in [0.29, 0.717) is 0 Å². The van der Waals surface area contributed by atoms with E-state index in [1.807, 2.05) is 0 Å². The van der Waals surface area contributed by atoms with Gasteiger partial charge in [-0.1, -0.05) is 82.6 Å². The zero-order chi connectivity index (χ0) is 25.6. The average molecular weight is 684 g/mol. The molecule has 0 spiro atoms. The maximum Gasteiger partial charge on any atom is 4.00 e. The molecule has 0 aliphatic carbocycles. The van der Waals surface area contributed by atoms with Crippen molar-refractivity contribution in [3.05, 3.63) is 132 Å². The summed E-state index contributed by atoms with van der Waals surface area (Å²) in [6, 6.07) is 47.0. The minimum atomic E-state index is 0. The summed E-state index contributed by atoms with van der Waals surface area (Å²) >= 11 is 0. The van der Waals surface area contributed by atoms with Crippen LogP contribution >= 0.6 is 0 Å². The summed E-state index contributed by atoms with van der Waals surface area (Å²) in [6.45, 7) is 1.52. The second-order valence-electron chi connectivity index (χ2n) is 10.3. The Morgan fingerprint density at radius 2 is 0.923 bits per heavy atom. The van der Waals surface area contributed by atoms with E-state index in [1.54, 1.807) is 0 Å². The summed E-state index contributed by atoms with van der Waals surface area (Å²) in [7, 11) is 4.36. The van der Waals surface area contributed by atoms with Crippen molar-refractivity contribution in [1.82, 2.24) is 0 Å². The fourth-order valence-electron chi connectivity index (χ4n) is 5.91. The van der Waals surface area contributed by atoms with Crippen molar-refractivity contribution in [3.63, 3.8) is 0 Å². The Kier molecular flexibility index (Phi) is 6.75. The quantitative estimate of drug-likeness (QED) is 0.148. The van der Waals surface area contributed by atoms with Crippen LogP contribution < -0.4 is 9.80 Å². The molecule has 6 aromatic rings. The molecule has 6 aromatic carbocycles. The second kappa shape index (κ2) is 10.4. The first-order valence-electron chi connectivity index (χ1n) is 13.1. The van der Waals surface area contributed by atoms with Gasteiger partial charge in [0.05, 0.1) is 0 Å². The van der Waals surface area contributed by atoms with Gasteiger partial charge in [0.1, 0.15) is 0 Å². The van der Waals surface area contributed by atoms with E-state index in [1.165, 1.54) is 55.2 Å². The van der Waals surface area contributed by atoms with E-state index in [0.717, 1.165) is 24.2 Å². The van der Waals surface area contributed by atoms with Gasteiger partial charge >= 0.3 is 21.1 Å². The Bertz CT molecular complexity index is 1690. The fourth-order valence-corrected chi connectivity index (χ4v) is 5.91. The monoisotopic (exact) mass is 683 g/mol. The molecule has 3 heteroatoms. The summed E-state index contributed by atoms with van der Waals surface area (Å²) in [5.74, 6) is 0. The second-order valence-corrected chi connectivity index (χ2v) is 10.3. The first-order chi connectivity index (χ1) is 18.7. The van der Waals surface area contributed by atoms with Gasteiger partial charge < -0.3 is 9.80 Å². The van der Waals surface area contributed by atoms with Gasteiger partial charge in [-0.3, -0.25) is 0 Å². The molecular formula is C36H28N2Pt+2. The molecule has 1 heterocycles. The molecule has 0 atom stereocenters. The summed E-state index contributed by atoms with van der Waals surface area (Å²) in [4.78, 5) is 4.69. The molecule has 1 aliphatic heterocycles. The number of rotatable bonds is 0. The van der Waals surface area contributed by atoms with E-state index in [2.05, 4.69) is 145 Å². The zero-order valence-corrected chi connectivity index (χ0v) is 24.3. The van der Waals surface area contributed by atoms with Gasteiger partial charge in [-0.15, -0.1) is 70.8 Å². The Hall–Kier alpha value is -3.87. The summed E-state index contributed by atoms with van der Waals surface area (Å²) in [6.07, 6.45) is 0. The maximum atomic E-state index is 3.80. The third-order valence-corrected chi connectivity index (χ3v) is 7.70. The molecule has 0 saturated heterocycles. The Morgan fingerprint density at radius 1 is 0.487 bits per heavy atom. The van der Waals surface area contributed by atoms with E-state index in [4.69, 9.17) is 0 Å². The molecule has 0 N–H and O–H groups in total. The predicted molar refractivity (Wildman–Crippen MR) is 161 cm³/mol. The standard InChI is InChI=1S/C36H28N2.Pt/c1-37-23-25-9-7-14-30(21-25)36-32-16-6-4-12-28(32)18-20-34(36)38(2)24-26-10-8-13-29(22-26)35-31-15-5-3-11-27(31)17-19-33(35)37;/h3-20H,23-24H2,1-2H3;/q-2;+4. The van der Waals surface area contributed by atoms with Crippen LogP contribution in [0.4, 0.5) is 11.4 Å². The normalized spacial score (nSPS) is 12.9. The molecule has 190 valence electrons. The van der Waals surface area contributed by atoms with Gasteiger partial charge in [0.15, 0.2) is 0 Å². The molecule has 0 saturated carbocycles. The van der Waals surface area contributed by atoms with Crippen molar-refractivity contribution in [2.45, 2.75) is 13.1 Å². The minimum absolute atomic E-state index is 0. The van der Waals surface area contributed by atoms with Crippen LogP contribution in [0.3, 0.4) is 0 Å². The van der Waals surface area contributed by atoms with Gasteiger partial charge in [0.25, 0.3) is 0 Å². The number of benzene rings is 6. The molecule has 1 aliphatic rings. The number of anilines is 2. The molecule has 0 radical (unpaired) electrons. The number of hydrogen-bond donors (Lipinski definition) is 0. The molecule has 7 rings (SSSR count). The number of fused-ring (bicyclic) bond motifs is 12.